The maximum atomic E-state index is 11.3. The van der Waals surface area contributed by atoms with Crippen LogP contribution in [0.15, 0.2) is 22.9 Å². The van der Waals surface area contributed by atoms with Crippen molar-refractivity contribution >= 4 is 11.8 Å². The minimum atomic E-state index is -0.767. The number of hydrogen-bond donors (Lipinski definition) is 1. The normalized spacial score (nSPS) is 17.9. The molecule has 1 unspecified atom stereocenters. The smallest absolute Gasteiger partial charge is 0.308 e. The highest BCUT2D eigenvalue weighted by atomic mass is 16.5. The first kappa shape index (κ1) is 16.4. The van der Waals surface area contributed by atoms with Crippen molar-refractivity contribution in [2.24, 2.45) is 5.92 Å². The summed E-state index contributed by atoms with van der Waals surface area (Å²) in [5.74, 6) is 0.501. The Labute approximate surface area is 139 Å². The van der Waals surface area contributed by atoms with Crippen LogP contribution in [0, 0.1) is 5.92 Å². The van der Waals surface area contributed by atoms with Gasteiger partial charge in [-0.05, 0) is 25.0 Å². The van der Waals surface area contributed by atoms with Gasteiger partial charge in [-0.2, -0.15) is 4.98 Å². The number of nitrogens with zero attached hydrogens (tertiary/aromatic N) is 4. The van der Waals surface area contributed by atoms with E-state index in [9.17, 15) is 9.90 Å². The van der Waals surface area contributed by atoms with Crippen molar-refractivity contribution in [2.75, 3.05) is 31.7 Å². The lowest BCUT2D eigenvalue weighted by molar-refractivity contribution is -0.141. The molecule has 8 nitrogen and oxygen atoms in total. The Bertz CT molecular complexity index is 703. The topological polar surface area (TPSA) is 102 Å². The molecular formula is C16H20N4O4. The molecule has 1 aliphatic rings. The predicted octanol–water partition coefficient (Wildman–Crippen LogP) is 1.62. The van der Waals surface area contributed by atoms with Crippen LogP contribution in [0.5, 0.6) is 0 Å². The summed E-state index contributed by atoms with van der Waals surface area (Å²) >= 11 is 0. The van der Waals surface area contributed by atoms with Crippen LogP contribution in [0.1, 0.15) is 18.7 Å². The Balaban J connectivity index is 1.85. The van der Waals surface area contributed by atoms with E-state index in [1.165, 1.54) is 0 Å². The lowest BCUT2D eigenvalue weighted by Gasteiger charge is -2.32. The molecule has 3 rings (SSSR count). The van der Waals surface area contributed by atoms with Gasteiger partial charge >= 0.3 is 5.97 Å². The van der Waals surface area contributed by atoms with Gasteiger partial charge in [-0.15, -0.1) is 0 Å². The first-order valence-electron chi connectivity index (χ1n) is 7.93. The van der Waals surface area contributed by atoms with Crippen molar-refractivity contribution < 1.29 is 19.2 Å². The van der Waals surface area contributed by atoms with Crippen LogP contribution in [-0.2, 0) is 16.0 Å². The minimum Gasteiger partial charge on any atom is -0.481 e. The molecule has 8 heteroatoms. The molecule has 2 aromatic rings. The third kappa shape index (κ3) is 3.53. The summed E-state index contributed by atoms with van der Waals surface area (Å²) in [4.78, 5) is 22.1. The average molecular weight is 332 g/mol. The largest absolute Gasteiger partial charge is 0.481 e. The van der Waals surface area contributed by atoms with E-state index in [0.29, 0.717) is 43.5 Å². The lowest BCUT2D eigenvalue weighted by Crippen LogP contribution is -2.39. The van der Waals surface area contributed by atoms with Gasteiger partial charge in [-0.25, -0.2) is 4.98 Å². The fraction of sp³-hybridized carbons (Fsp3) is 0.500. The second kappa shape index (κ2) is 7.39. The van der Waals surface area contributed by atoms with Gasteiger partial charge in [0.2, 0.25) is 0 Å². The molecule has 0 radical (unpaired) electrons. The second-order valence-electron chi connectivity index (χ2n) is 5.76. The molecule has 1 saturated heterocycles. The number of pyridine rings is 1. The molecule has 0 bridgehead atoms. The molecule has 1 N–H and O–H groups in total. The number of methoxy groups -OCH3 is 1. The molecular weight excluding hydrogens is 312 g/mol. The Morgan fingerprint density at radius 3 is 3.21 bits per heavy atom. The zero-order chi connectivity index (χ0) is 16.9. The van der Waals surface area contributed by atoms with Gasteiger partial charge in [-0.3, -0.25) is 4.79 Å². The van der Waals surface area contributed by atoms with E-state index in [4.69, 9.17) is 9.26 Å². The van der Waals surface area contributed by atoms with Crippen molar-refractivity contribution in [1.29, 1.82) is 0 Å². The number of ether oxygens (including phenoxy) is 1. The number of anilines is 1. The first-order chi connectivity index (χ1) is 11.7. The predicted molar refractivity (Wildman–Crippen MR) is 85.7 cm³/mol. The molecule has 1 fully saturated rings. The molecule has 1 aliphatic heterocycles. The van der Waals surface area contributed by atoms with Crippen LogP contribution in [0.4, 0.5) is 5.82 Å². The molecule has 3 heterocycles. The highest BCUT2D eigenvalue weighted by Gasteiger charge is 2.28. The Morgan fingerprint density at radius 1 is 1.54 bits per heavy atom. The number of carboxylic acids is 1. The quantitative estimate of drug-likeness (QED) is 0.851. The summed E-state index contributed by atoms with van der Waals surface area (Å²) in [5.41, 5.74) is 0.722. The molecule has 0 aliphatic carbocycles. The van der Waals surface area contributed by atoms with E-state index in [2.05, 4.69) is 15.1 Å². The SMILES string of the molecule is COCCc1noc(-c2cccnc2N2CCCC(C(=O)O)C2)n1. The fourth-order valence-electron chi connectivity index (χ4n) is 2.85. The van der Waals surface area contributed by atoms with E-state index in [1.807, 2.05) is 11.0 Å². The number of hydrogen-bond acceptors (Lipinski definition) is 7. The van der Waals surface area contributed by atoms with Crippen LogP contribution in [0.25, 0.3) is 11.5 Å². The van der Waals surface area contributed by atoms with Crippen LogP contribution in [0.2, 0.25) is 0 Å². The monoisotopic (exact) mass is 332 g/mol. The van der Waals surface area contributed by atoms with E-state index >= 15 is 0 Å². The Kier molecular flexibility index (Phi) is 5.05. The van der Waals surface area contributed by atoms with Crippen molar-refractivity contribution in [2.45, 2.75) is 19.3 Å². The van der Waals surface area contributed by atoms with Gasteiger partial charge in [0.1, 0.15) is 5.82 Å². The number of rotatable bonds is 6. The molecule has 1 atom stereocenters. The average Bonchev–Trinajstić information content (AvgIpc) is 3.09. The molecule has 0 saturated carbocycles. The summed E-state index contributed by atoms with van der Waals surface area (Å²) in [6.07, 6.45) is 3.76. The number of aliphatic carboxylic acids is 1. The van der Waals surface area contributed by atoms with Crippen molar-refractivity contribution in [3.63, 3.8) is 0 Å². The number of aromatic nitrogens is 3. The van der Waals surface area contributed by atoms with Gasteiger partial charge in [0, 0.05) is 32.8 Å². The van der Waals surface area contributed by atoms with Gasteiger partial charge < -0.3 is 19.3 Å². The second-order valence-corrected chi connectivity index (χ2v) is 5.76. The summed E-state index contributed by atoms with van der Waals surface area (Å²) in [5, 5.41) is 13.2. The van der Waals surface area contributed by atoms with E-state index in [0.717, 1.165) is 18.5 Å². The molecule has 128 valence electrons. The van der Waals surface area contributed by atoms with Gasteiger partial charge in [-0.1, -0.05) is 5.16 Å². The lowest BCUT2D eigenvalue weighted by atomic mass is 9.98. The van der Waals surface area contributed by atoms with Crippen LogP contribution in [-0.4, -0.2) is 53.0 Å². The maximum Gasteiger partial charge on any atom is 0.308 e. The van der Waals surface area contributed by atoms with E-state index in [-0.39, 0.29) is 5.92 Å². The molecule has 0 spiro atoms. The summed E-state index contributed by atoms with van der Waals surface area (Å²) in [7, 11) is 1.62. The molecule has 24 heavy (non-hydrogen) atoms. The maximum absolute atomic E-state index is 11.3. The standard InChI is InChI=1S/C16H20N4O4/c1-23-9-6-13-18-15(24-19-13)12-5-2-7-17-14(12)20-8-3-4-11(10-20)16(21)22/h2,5,7,11H,3-4,6,8-10H2,1H3,(H,21,22). The van der Waals surface area contributed by atoms with E-state index in [1.54, 1.807) is 19.4 Å². The third-order valence-electron chi connectivity index (χ3n) is 4.09. The number of carboxylic acid groups (broad SMARTS) is 1. The highest BCUT2D eigenvalue weighted by molar-refractivity contribution is 5.73. The molecule has 0 aromatic carbocycles. The summed E-state index contributed by atoms with van der Waals surface area (Å²) < 4.78 is 10.4. The van der Waals surface area contributed by atoms with E-state index < -0.39 is 5.97 Å². The third-order valence-corrected chi connectivity index (χ3v) is 4.09. The summed E-state index contributed by atoms with van der Waals surface area (Å²) in [6, 6.07) is 3.66. The fourth-order valence-corrected chi connectivity index (χ4v) is 2.85. The van der Waals surface area contributed by atoms with Crippen LogP contribution in [0.3, 0.4) is 0 Å². The van der Waals surface area contributed by atoms with Crippen LogP contribution < -0.4 is 4.90 Å². The zero-order valence-electron chi connectivity index (χ0n) is 13.5. The van der Waals surface area contributed by atoms with Gasteiger partial charge in [0.25, 0.3) is 5.89 Å². The van der Waals surface area contributed by atoms with Gasteiger partial charge in [0.15, 0.2) is 5.82 Å². The zero-order valence-corrected chi connectivity index (χ0v) is 13.5. The van der Waals surface area contributed by atoms with Gasteiger partial charge in [0.05, 0.1) is 18.1 Å². The number of piperidine rings is 1. The van der Waals surface area contributed by atoms with Crippen molar-refractivity contribution in [3.8, 4) is 11.5 Å². The Morgan fingerprint density at radius 2 is 2.42 bits per heavy atom. The highest BCUT2D eigenvalue weighted by Crippen LogP contribution is 2.30. The van der Waals surface area contributed by atoms with Crippen molar-refractivity contribution in [3.05, 3.63) is 24.2 Å². The Hall–Kier alpha value is -2.48. The molecule has 0 amide bonds. The van der Waals surface area contributed by atoms with Crippen LogP contribution >= 0.6 is 0 Å². The summed E-state index contributed by atoms with van der Waals surface area (Å²) in [6.45, 7) is 1.72. The van der Waals surface area contributed by atoms with Crippen molar-refractivity contribution in [1.82, 2.24) is 15.1 Å². The molecule has 2 aromatic heterocycles. The number of carbonyl (C=O) groups is 1. The minimum absolute atomic E-state index is 0.381. The first-order valence-corrected chi connectivity index (χ1v) is 7.93.